The minimum Gasteiger partial charge on any atom is -0.380 e. The third-order valence-corrected chi connectivity index (χ3v) is 3.90. The van der Waals surface area contributed by atoms with Crippen LogP contribution in [0.4, 0.5) is 5.69 Å². The number of hydrogen-bond donors (Lipinski definition) is 1. The van der Waals surface area contributed by atoms with Gasteiger partial charge in [0, 0.05) is 17.1 Å². The van der Waals surface area contributed by atoms with Crippen LogP contribution in [0.2, 0.25) is 0 Å². The molecule has 0 fully saturated rings. The molecule has 3 aromatic rings. The molecule has 6 heteroatoms. The number of aromatic nitrogens is 4. The van der Waals surface area contributed by atoms with Gasteiger partial charge in [0.15, 0.2) is 0 Å². The van der Waals surface area contributed by atoms with E-state index in [1.54, 1.807) is 22.3 Å². The van der Waals surface area contributed by atoms with Crippen LogP contribution in [0.5, 0.6) is 0 Å². The maximum Gasteiger partial charge on any atom is 0.143 e. The molecule has 0 radical (unpaired) electrons. The SMILES string of the molecule is Cc1ccsc1CNc1cccc(-n2cnnn2)c1. The zero-order chi connectivity index (χ0) is 13.1. The zero-order valence-corrected chi connectivity index (χ0v) is 11.3. The molecule has 5 nitrogen and oxygen atoms in total. The molecule has 0 saturated carbocycles. The topological polar surface area (TPSA) is 55.6 Å². The van der Waals surface area contributed by atoms with Gasteiger partial charge in [-0.3, -0.25) is 0 Å². The number of aryl methyl sites for hydroxylation is 1. The van der Waals surface area contributed by atoms with Crippen molar-refractivity contribution in [1.82, 2.24) is 20.2 Å². The monoisotopic (exact) mass is 271 g/mol. The molecule has 1 aromatic carbocycles. The molecule has 2 aromatic heterocycles. The number of thiophene rings is 1. The first-order chi connectivity index (χ1) is 9.33. The largest absolute Gasteiger partial charge is 0.380 e. The molecule has 96 valence electrons. The average molecular weight is 271 g/mol. The lowest BCUT2D eigenvalue weighted by Crippen LogP contribution is -2.01. The van der Waals surface area contributed by atoms with Crippen LogP contribution in [0.25, 0.3) is 5.69 Å². The third kappa shape index (κ3) is 2.63. The fourth-order valence-electron chi connectivity index (χ4n) is 1.81. The summed E-state index contributed by atoms with van der Waals surface area (Å²) in [5.74, 6) is 0. The molecule has 1 N–H and O–H groups in total. The highest BCUT2D eigenvalue weighted by molar-refractivity contribution is 7.10. The summed E-state index contributed by atoms with van der Waals surface area (Å²) in [7, 11) is 0. The van der Waals surface area contributed by atoms with Gasteiger partial charge in [-0.2, -0.15) is 0 Å². The summed E-state index contributed by atoms with van der Waals surface area (Å²) in [6.45, 7) is 2.97. The van der Waals surface area contributed by atoms with Crippen molar-refractivity contribution >= 4 is 17.0 Å². The first kappa shape index (κ1) is 11.9. The van der Waals surface area contributed by atoms with Crippen molar-refractivity contribution < 1.29 is 0 Å². The van der Waals surface area contributed by atoms with Crippen LogP contribution in [0.3, 0.4) is 0 Å². The van der Waals surface area contributed by atoms with Gasteiger partial charge in [-0.15, -0.1) is 16.4 Å². The van der Waals surface area contributed by atoms with Gasteiger partial charge in [-0.25, -0.2) is 4.68 Å². The van der Waals surface area contributed by atoms with Gasteiger partial charge in [0.25, 0.3) is 0 Å². The van der Waals surface area contributed by atoms with E-state index in [9.17, 15) is 0 Å². The quantitative estimate of drug-likeness (QED) is 0.792. The van der Waals surface area contributed by atoms with E-state index < -0.39 is 0 Å². The van der Waals surface area contributed by atoms with E-state index in [1.165, 1.54) is 10.4 Å². The molecular formula is C13H13N5S. The summed E-state index contributed by atoms with van der Waals surface area (Å²) in [5.41, 5.74) is 3.33. The molecule has 0 amide bonds. The van der Waals surface area contributed by atoms with Crippen LogP contribution in [-0.2, 0) is 6.54 Å². The van der Waals surface area contributed by atoms with Crippen molar-refractivity contribution in [2.24, 2.45) is 0 Å². The van der Waals surface area contributed by atoms with E-state index in [-0.39, 0.29) is 0 Å². The van der Waals surface area contributed by atoms with Crippen molar-refractivity contribution in [1.29, 1.82) is 0 Å². The number of benzene rings is 1. The van der Waals surface area contributed by atoms with Gasteiger partial charge >= 0.3 is 0 Å². The maximum absolute atomic E-state index is 3.88. The summed E-state index contributed by atoms with van der Waals surface area (Å²) in [6, 6.07) is 10.2. The third-order valence-electron chi connectivity index (χ3n) is 2.88. The predicted molar refractivity (Wildman–Crippen MR) is 75.5 cm³/mol. The summed E-state index contributed by atoms with van der Waals surface area (Å²) < 4.78 is 1.64. The van der Waals surface area contributed by atoms with Crippen molar-refractivity contribution in [3.63, 3.8) is 0 Å². The van der Waals surface area contributed by atoms with Crippen LogP contribution in [0.1, 0.15) is 10.4 Å². The fourth-order valence-corrected chi connectivity index (χ4v) is 2.65. The normalized spacial score (nSPS) is 10.6. The van der Waals surface area contributed by atoms with Gasteiger partial charge in [0.1, 0.15) is 6.33 Å². The van der Waals surface area contributed by atoms with Gasteiger partial charge in [0.05, 0.1) is 5.69 Å². The Morgan fingerprint density at radius 2 is 2.26 bits per heavy atom. The Bertz CT molecular complexity index is 659. The summed E-state index contributed by atoms with van der Waals surface area (Å²) >= 11 is 1.77. The molecule has 0 atom stereocenters. The average Bonchev–Trinajstić information content (AvgIpc) is 3.08. The lowest BCUT2D eigenvalue weighted by Gasteiger charge is -2.07. The Morgan fingerprint density at radius 1 is 1.32 bits per heavy atom. The smallest absolute Gasteiger partial charge is 0.143 e. The Kier molecular flexibility index (Phi) is 3.24. The molecule has 3 rings (SSSR count). The molecule has 2 heterocycles. The number of hydrogen-bond acceptors (Lipinski definition) is 5. The Morgan fingerprint density at radius 3 is 3.00 bits per heavy atom. The molecule has 0 bridgehead atoms. The summed E-state index contributed by atoms with van der Waals surface area (Å²) in [5, 5.41) is 16.7. The number of tetrazole rings is 1. The number of nitrogens with one attached hydrogen (secondary N) is 1. The van der Waals surface area contributed by atoms with Crippen LogP contribution in [0.15, 0.2) is 42.0 Å². The van der Waals surface area contributed by atoms with Crippen molar-refractivity contribution in [2.45, 2.75) is 13.5 Å². The van der Waals surface area contributed by atoms with E-state index in [2.05, 4.69) is 39.2 Å². The molecule has 0 aliphatic carbocycles. The minimum atomic E-state index is 0.836. The lowest BCUT2D eigenvalue weighted by atomic mass is 10.2. The number of rotatable bonds is 4. The number of nitrogens with zero attached hydrogens (tertiary/aromatic N) is 4. The number of anilines is 1. The van der Waals surface area contributed by atoms with Crippen LogP contribution < -0.4 is 5.32 Å². The van der Waals surface area contributed by atoms with E-state index in [4.69, 9.17) is 0 Å². The van der Waals surface area contributed by atoms with E-state index >= 15 is 0 Å². The molecule has 0 spiro atoms. The first-order valence-electron chi connectivity index (χ1n) is 5.93. The highest BCUT2D eigenvalue weighted by atomic mass is 32.1. The van der Waals surface area contributed by atoms with Gasteiger partial charge in [-0.1, -0.05) is 6.07 Å². The van der Waals surface area contributed by atoms with E-state index in [0.717, 1.165) is 17.9 Å². The Labute approximate surface area is 114 Å². The molecule has 19 heavy (non-hydrogen) atoms. The predicted octanol–water partition coefficient (Wildman–Crippen LogP) is 2.64. The Balaban J connectivity index is 1.75. The highest BCUT2D eigenvalue weighted by Crippen LogP contribution is 2.19. The standard InChI is InChI=1S/C13H13N5S/c1-10-5-6-19-13(10)8-14-11-3-2-4-12(7-11)18-9-15-16-17-18/h2-7,9,14H,8H2,1H3. The molecule has 0 saturated heterocycles. The van der Waals surface area contributed by atoms with Crippen molar-refractivity contribution in [3.05, 3.63) is 52.5 Å². The zero-order valence-electron chi connectivity index (χ0n) is 10.4. The van der Waals surface area contributed by atoms with E-state index in [1.807, 2.05) is 24.3 Å². The summed E-state index contributed by atoms with van der Waals surface area (Å²) in [4.78, 5) is 1.35. The Hall–Kier alpha value is -2.21. The fraction of sp³-hybridized carbons (Fsp3) is 0.154. The van der Waals surface area contributed by atoms with Gasteiger partial charge < -0.3 is 5.32 Å². The second-order valence-corrected chi connectivity index (χ2v) is 5.19. The summed E-state index contributed by atoms with van der Waals surface area (Å²) in [6.07, 6.45) is 1.59. The molecule has 0 aliphatic heterocycles. The van der Waals surface area contributed by atoms with E-state index in [0.29, 0.717) is 0 Å². The minimum absolute atomic E-state index is 0.836. The first-order valence-corrected chi connectivity index (χ1v) is 6.81. The molecular weight excluding hydrogens is 258 g/mol. The van der Waals surface area contributed by atoms with Crippen molar-refractivity contribution in [3.8, 4) is 5.69 Å². The van der Waals surface area contributed by atoms with Crippen LogP contribution >= 0.6 is 11.3 Å². The molecule has 0 aliphatic rings. The highest BCUT2D eigenvalue weighted by Gasteiger charge is 2.02. The molecule has 0 unspecified atom stereocenters. The second-order valence-electron chi connectivity index (χ2n) is 4.19. The lowest BCUT2D eigenvalue weighted by molar-refractivity contribution is 0.789. The van der Waals surface area contributed by atoms with Crippen LogP contribution in [-0.4, -0.2) is 20.2 Å². The van der Waals surface area contributed by atoms with Gasteiger partial charge in [0.2, 0.25) is 0 Å². The maximum atomic E-state index is 3.88. The van der Waals surface area contributed by atoms with Crippen molar-refractivity contribution in [2.75, 3.05) is 5.32 Å². The van der Waals surface area contributed by atoms with Gasteiger partial charge in [-0.05, 0) is 52.6 Å². The second kappa shape index (κ2) is 5.19. The van der Waals surface area contributed by atoms with Crippen LogP contribution in [0, 0.1) is 6.92 Å².